The maximum atomic E-state index is 2.33. The van der Waals surface area contributed by atoms with Crippen LogP contribution in [0, 0.1) is 0 Å². The van der Waals surface area contributed by atoms with Crippen LogP contribution in [0.15, 0.2) is 42.5 Å². The molecule has 4 rings (SSSR count). The summed E-state index contributed by atoms with van der Waals surface area (Å²) < 4.78 is 0. The summed E-state index contributed by atoms with van der Waals surface area (Å²) in [7, 11) is 0. The molecule has 2 fully saturated rings. The summed E-state index contributed by atoms with van der Waals surface area (Å²) in [6.07, 6.45) is 2.83. The molecule has 2 heterocycles. The minimum absolute atomic E-state index is 0.926. The monoisotopic (exact) mass is 340 g/mol. The van der Waals surface area contributed by atoms with Gasteiger partial charge in [-0.05, 0) is 17.7 Å². The van der Waals surface area contributed by atoms with Gasteiger partial charge in [-0.3, -0.25) is 0 Å². The van der Waals surface area contributed by atoms with Crippen LogP contribution >= 0.6 is 0 Å². The topological polar surface area (TPSA) is 13.3 Å². The van der Waals surface area contributed by atoms with Crippen LogP contribution in [0.1, 0.15) is 25.3 Å². The fourth-order valence-corrected chi connectivity index (χ4v) is 5.01. The smallest absolute Gasteiger partial charge is 0.127 e. The van der Waals surface area contributed by atoms with E-state index in [1.807, 2.05) is 9.80 Å². The van der Waals surface area contributed by atoms with Crippen LogP contribution in [-0.2, 0) is 6.54 Å². The van der Waals surface area contributed by atoms with Gasteiger partial charge in [0.2, 0.25) is 0 Å². The van der Waals surface area contributed by atoms with Gasteiger partial charge in [0.25, 0.3) is 0 Å². The minimum Gasteiger partial charge on any atom is -0.331 e. The first-order chi connectivity index (χ1) is 12.3. The van der Waals surface area contributed by atoms with Crippen LogP contribution in [0.4, 0.5) is 0 Å². The molecule has 2 aromatic carbocycles. The van der Waals surface area contributed by atoms with E-state index in [-0.39, 0.29) is 0 Å². The molecule has 2 aliphatic rings. The molecule has 0 atom stereocenters. The molecule has 0 unspecified atom stereocenters. The lowest BCUT2D eigenvalue weighted by Crippen LogP contribution is -3.30. The Morgan fingerprint density at radius 2 is 1.52 bits per heavy atom. The van der Waals surface area contributed by atoms with Gasteiger partial charge in [0, 0.05) is 18.4 Å². The third-order valence-electron chi connectivity index (χ3n) is 6.69. The first kappa shape index (κ1) is 17.0. The molecule has 3 heteroatoms. The van der Waals surface area contributed by atoms with E-state index in [0.29, 0.717) is 0 Å². The summed E-state index contributed by atoms with van der Waals surface area (Å²) in [5.41, 5.74) is 1.53. The predicted molar refractivity (Wildman–Crippen MR) is 103 cm³/mol. The zero-order valence-corrected chi connectivity index (χ0v) is 15.7. The molecule has 0 bridgehead atoms. The molecule has 25 heavy (non-hydrogen) atoms. The van der Waals surface area contributed by atoms with Crippen LogP contribution in [0.3, 0.4) is 0 Å². The van der Waals surface area contributed by atoms with Crippen molar-refractivity contribution in [1.29, 1.82) is 0 Å². The molecule has 0 aromatic heterocycles. The molecular formula is C22H34N3+3. The number of quaternary nitrogens is 3. The van der Waals surface area contributed by atoms with Crippen molar-refractivity contribution in [1.82, 2.24) is 0 Å². The Labute approximate surface area is 152 Å². The van der Waals surface area contributed by atoms with Crippen molar-refractivity contribution < 1.29 is 14.7 Å². The molecule has 0 amide bonds. The van der Waals surface area contributed by atoms with Crippen LogP contribution in [0.25, 0.3) is 10.8 Å². The number of rotatable bonds is 4. The van der Waals surface area contributed by atoms with Crippen molar-refractivity contribution in [2.75, 3.05) is 45.8 Å². The normalized spacial score (nSPS) is 30.4. The number of nitrogens with one attached hydrogen (secondary N) is 3. The zero-order valence-electron chi connectivity index (χ0n) is 15.7. The van der Waals surface area contributed by atoms with Crippen LogP contribution in [0.2, 0.25) is 0 Å². The first-order valence-electron chi connectivity index (χ1n) is 10.3. The first-order valence-corrected chi connectivity index (χ1v) is 10.3. The second kappa shape index (κ2) is 7.86. The molecule has 2 aromatic rings. The summed E-state index contributed by atoms with van der Waals surface area (Å²) in [4.78, 5) is 5.49. The van der Waals surface area contributed by atoms with Crippen molar-refractivity contribution in [3.63, 3.8) is 0 Å². The average molecular weight is 341 g/mol. The summed E-state index contributed by atoms with van der Waals surface area (Å²) in [5.74, 6) is 0. The summed E-state index contributed by atoms with van der Waals surface area (Å²) in [6.45, 7) is 13.1. The highest BCUT2D eigenvalue weighted by molar-refractivity contribution is 5.85. The van der Waals surface area contributed by atoms with E-state index in [1.54, 1.807) is 4.90 Å². The van der Waals surface area contributed by atoms with Crippen LogP contribution in [-0.4, -0.2) is 51.9 Å². The molecule has 0 spiro atoms. The molecule has 2 aliphatic heterocycles. The lowest BCUT2D eigenvalue weighted by atomic mass is 10.00. The van der Waals surface area contributed by atoms with Gasteiger partial charge in [-0.15, -0.1) is 0 Å². The predicted octanol–water partition coefficient (Wildman–Crippen LogP) is -0.810. The van der Waals surface area contributed by atoms with Crippen LogP contribution < -0.4 is 14.7 Å². The van der Waals surface area contributed by atoms with Crippen molar-refractivity contribution in [3.8, 4) is 0 Å². The summed E-state index contributed by atoms with van der Waals surface area (Å²) in [5, 5.41) is 2.83. The van der Waals surface area contributed by atoms with Gasteiger partial charge in [0.05, 0.1) is 25.7 Å². The Hall–Kier alpha value is -1.42. The van der Waals surface area contributed by atoms with E-state index in [1.165, 1.54) is 81.5 Å². The van der Waals surface area contributed by atoms with Gasteiger partial charge in [-0.25, -0.2) is 0 Å². The highest BCUT2D eigenvalue weighted by Gasteiger charge is 2.33. The SMILES string of the molecule is CC[NH+]1CC[NH+](C2CC[NH+](Cc3cccc4ccccc34)CC2)CC1. The van der Waals surface area contributed by atoms with E-state index < -0.39 is 0 Å². The third-order valence-corrected chi connectivity index (χ3v) is 6.69. The van der Waals surface area contributed by atoms with Gasteiger partial charge in [0.15, 0.2) is 0 Å². The van der Waals surface area contributed by atoms with Gasteiger partial charge < -0.3 is 14.7 Å². The van der Waals surface area contributed by atoms with Gasteiger partial charge in [-0.1, -0.05) is 42.5 Å². The molecule has 134 valence electrons. The Kier molecular flexibility index (Phi) is 5.35. The molecule has 3 N–H and O–H groups in total. The Morgan fingerprint density at radius 1 is 0.800 bits per heavy atom. The number of piperazine rings is 1. The standard InChI is InChI=1S/C22H31N3/c1-2-23-14-16-25(17-15-23)21-10-12-24(13-11-21)18-20-8-5-7-19-6-3-4-9-22(19)20/h3-9,21H,2,10-18H2,1H3/p+3. The molecule has 0 radical (unpaired) electrons. The Bertz CT molecular complexity index is 677. The van der Waals surface area contributed by atoms with E-state index in [2.05, 4.69) is 49.4 Å². The summed E-state index contributed by atoms with van der Waals surface area (Å²) >= 11 is 0. The molecule has 2 saturated heterocycles. The number of benzene rings is 2. The van der Waals surface area contributed by atoms with Gasteiger partial charge in [-0.2, -0.15) is 0 Å². The van der Waals surface area contributed by atoms with Gasteiger partial charge >= 0.3 is 0 Å². The fourth-order valence-electron chi connectivity index (χ4n) is 5.01. The zero-order chi connectivity index (χ0) is 17.1. The van der Waals surface area contributed by atoms with E-state index >= 15 is 0 Å². The second-order valence-corrected chi connectivity index (χ2v) is 8.10. The largest absolute Gasteiger partial charge is 0.331 e. The number of piperidine rings is 1. The van der Waals surface area contributed by atoms with Crippen LogP contribution in [0.5, 0.6) is 0 Å². The highest BCUT2D eigenvalue weighted by atomic mass is 15.3. The quantitative estimate of drug-likeness (QED) is 0.645. The molecule has 0 aliphatic carbocycles. The third kappa shape index (κ3) is 3.89. The van der Waals surface area contributed by atoms with E-state index in [9.17, 15) is 0 Å². The van der Waals surface area contributed by atoms with Crippen molar-refractivity contribution in [2.45, 2.75) is 32.4 Å². The number of hydrogen-bond acceptors (Lipinski definition) is 0. The number of fused-ring (bicyclic) bond motifs is 1. The van der Waals surface area contributed by atoms with Crippen molar-refractivity contribution >= 4 is 10.8 Å². The second-order valence-electron chi connectivity index (χ2n) is 8.10. The van der Waals surface area contributed by atoms with E-state index in [0.717, 1.165) is 6.04 Å². The number of likely N-dealkylation sites (N-methyl/N-ethyl adjacent to an activating group) is 1. The lowest BCUT2D eigenvalue weighted by Gasteiger charge is -2.37. The fraction of sp³-hybridized carbons (Fsp3) is 0.545. The molecule has 3 nitrogen and oxygen atoms in total. The van der Waals surface area contributed by atoms with Crippen molar-refractivity contribution in [2.24, 2.45) is 0 Å². The number of likely N-dealkylation sites (tertiary alicyclic amines) is 1. The molecular weight excluding hydrogens is 306 g/mol. The van der Waals surface area contributed by atoms with Gasteiger partial charge in [0.1, 0.15) is 32.7 Å². The number of hydrogen-bond donors (Lipinski definition) is 3. The summed E-state index contributed by atoms with van der Waals surface area (Å²) in [6, 6.07) is 16.6. The van der Waals surface area contributed by atoms with Crippen molar-refractivity contribution in [3.05, 3.63) is 48.0 Å². The average Bonchev–Trinajstić information content (AvgIpc) is 2.69. The lowest BCUT2D eigenvalue weighted by molar-refractivity contribution is -1.03. The maximum absolute atomic E-state index is 2.33. The Morgan fingerprint density at radius 3 is 2.28 bits per heavy atom. The van der Waals surface area contributed by atoms with E-state index in [4.69, 9.17) is 0 Å². The molecule has 0 saturated carbocycles. The Balaban J connectivity index is 1.33. The minimum atomic E-state index is 0.926. The maximum Gasteiger partial charge on any atom is 0.127 e. The highest BCUT2D eigenvalue weighted by Crippen LogP contribution is 2.17.